The van der Waals surface area contributed by atoms with E-state index in [-0.39, 0.29) is 24.8 Å². The Kier molecular flexibility index (Phi) is 5.65. The third-order valence-corrected chi connectivity index (χ3v) is 4.67. The van der Waals surface area contributed by atoms with Crippen LogP contribution in [0.25, 0.3) is 5.65 Å². The van der Waals surface area contributed by atoms with Gasteiger partial charge in [0.15, 0.2) is 0 Å². The molecule has 0 radical (unpaired) electrons. The van der Waals surface area contributed by atoms with E-state index < -0.39 is 0 Å². The molecule has 0 unspecified atom stereocenters. The van der Waals surface area contributed by atoms with Gasteiger partial charge in [0.2, 0.25) is 11.8 Å². The number of hydrogen-bond acceptors (Lipinski definition) is 5. The van der Waals surface area contributed by atoms with Gasteiger partial charge in [0.1, 0.15) is 17.9 Å². The zero-order chi connectivity index (χ0) is 21.8. The van der Waals surface area contributed by atoms with Crippen LogP contribution >= 0.6 is 0 Å². The van der Waals surface area contributed by atoms with Gasteiger partial charge in [0.05, 0.1) is 31.1 Å². The van der Waals surface area contributed by atoms with Gasteiger partial charge in [-0.3, -0.25) is 14.3 Å². The lowest BCUT2D eigenvalue weighted by molar-refractivity contribution is -0.117. The number of hydrogen-bond donors (Lipinski definition) is 2. The van der Waals surface area contributed by atoms with Gasteiger partial charge in [0, 0.05) is 24.3 Å². The van der Waals surface area contributed by atoms with Gasteiger partial charge < -0.3 is 19.8 Å². The van der Waals surface area contributed by atoms with Crippen molar-refractivity contribution in [3.8, 4) is 5.75 Å². The average molecular weight is 418 g/mol. The number of rotatable bonds is 7. The van der Waals surface area contributed by atoms with Crippen LogP contribution < -0.4 is 15.4 Å². The van der Waals surface area contributed by atoms with Crippen LogP contribution in [0.2, 0.25) is 0 Å². The SMILES string of the molecule is COc1ccc(NC(=O)Cn2cc(NC(=O)Cc3cn4cccc(C)c4n3)cn2)cc1. The largest absolute Gasteiger partial charge is 0.497 e. The van der Waals surface area contributed by atoms with E-state index in [9.17, 15) is 9.59 Å². The summed E-state index contributed by atoms with van der Waals surface area (Å²) in [6, 6.07) is 11.0. The number of ether oxygens (including phenoxy) is 1. The summed E-state index contributed by atoms with van der Waals surface area (Å²) in [6.45, 7) is 2.00. The molecule has 0 aliphatic heterocycles. The van der Waals surface area contributed by atoms with Gasteiger partial charge in [-0.2, -0.15) is 5.10 Å². The van der Waals surface area contributed by atoms with Crippen LogP contribution in [0.4, 0.5) is 11.4 Å². The molecule has 0 saturated carbocycles. The van der Waals surface area contributed by atoms with Crippen molar-refractivity contribution in [2.24, 2.45) is 0 Å². The van der Waals surface area contributed by atoms with E-state index in [0.717, 1.165) is 11.2 Å². The Hall–Kier alpha value is -4.14. The molecule has 9 nitrogen and oxygen atoms in total. The second kappa shape index (κ2) is 8.70. The van der Waals surface area contributed by atoms with Crippen LogP contribution in [0, 0.1) is 6.92 Å². The molecule has 2 amide bonds. The fourth-order valence-corrected chi connectivity index (χ4v) is 3.20. The summed E-state index contributed by atoms with van der Waals surface area (Å²) in [5.74, 6) is 0.277. The number of fused-ring (bicyclic) bond motifs is 1. The fourth-order valence-electron chi connectivity index (χ4n) is 3.20. The van der Waals surface area contributed by atoms with Crippen LogP contribution in [0.1, 0.15) is 11.3 Å². The zero-order valence-electron chi connectivity index (χ0n) is 17.2. The van der Waals surface area contributed by atoms with Crippen molar-refractivity contribution in [1.82, 2.24) is 19.2 Å². The lowest BCUT2D eigenvalue weighted by Crippen LogP contribution is -2.19. The van der Waals surface area contributed by atoms with Crippen LogP contribution in [0.15, 0.2) is 61.2 Å². The third kappa shape index (κ3) is 4.89. The minimum Gasteiger partial charge on any atom is -0.497 e. The van der Waals surface area contributed by atoms with E-state index in [4.69, 9.17) is 4.74 Å². The predicted octanol–water partition coefficient (Wildman–Crippen LogP) is 2.67. The van der Waals surface area contributed by atoms with Crippen molar-refractivity contribution in [2.45, 2.75) is 19.9 Å². The number of aromatic nitrogens is 4. The van der Waals surface area contributed by atoms with Crippen LogP contribution in [0.3, 0.4) is 0 Å². The highest BCUT2D eigenvalue weighted by Gasteiger charge is 2.11. The van der Waals surface area contributed by atoms with Gasteiger partial charge in [-0.05, 0) is 42.8 Å². The van der Waals surface area contributed by atoms with Gasteiger partial charge in [-0.1, -0.05) is 6.07 Å². The summed E-state index contributed by atoms with van der Waals surface area (Å²) >= 11 is 0. The van der Waals surface area contributed by atoms with Crippen LogP contribution in [-0.2, 0) is 22.6 Å². The number of carbonyl (C=O) groups excluding carboxylic acids is 2. The fraction of sp³-hybridized carbons (Fsp3) is 0.182. The summed E-state index contributed by atoms with van der Waals surface area (Å²) in [6.07, 6.45) is 7.00. The number of anilines is 2. The standard InChI is InChI=1S/C22H22N6O3/c1-15-4-3-9-27-12-17(26-22(15)27)10-20(29)25-18-11-23-28(13-18)14-21(30)24-16-5-7-19(31-2)8-6-16/h3-9,11-13H,10,14H2,1-2H3,(H,24,30)(H,25,29). The highest BCUT2D eigenvalue weighted by Crippen LogP contribution is 2.15. The molecule has 0 spiro atoms. The average Bonchev–Trinajstić information content (AvgIpc) is 3.35. The first kappa shape index (κ1) is 20.1. The van der Waals surface area contributed by atoms with E-state index in [1.165, 1.54) is 10.9 Å². The monoisotopic (exact) mass is 418 g/mol. The number of nitrogens with one attached hydrogen (secondary N) is 2. The maximum atomic E-state index is 12.4. The summed E-state index contributed by atoms with van der Waals surface area (Å²) in [5, 5.41) is 9.71. The molecule has 1 aromatic carbocycles. The van der Waals surface area contributed by atoms with E-state index >= 15 is 0 Å². The van der Waals surface area contributed by atoms with Gasteiger partial charge >= 0.3 is 0 Å². The molecule has 9 heteroatoms. The third-order valence-electron chi connectivity index (χ3n) is 4.67. The number of nitrogens with zero attached hydrogens (tertiary/aromatic N) is 4. The highest BCUT2D eigenvalue weighted by atomic mass is 16.5. The molecule has 0 bridgehead atoms. The molecule has 0 saturated heterocycles. The van der Waals surface area contributed by atoms with E-state index in [1.807, 2.05) is 35.9 Å². The lowest BCUT2D eigenvalue weighted by Gasteiger charge is -2.06. The van der Waals surface area contributed by atoms with Crippen LogP contribution in [-0.4, -0.2) is 38.1 Å². The number of carbonyl (C=O) groups is 2. The molecule has 0 aliphatic rings. The van der Waals surface area contributed by atoms with Crippen molar-refractivity contribution < 1.29 is 14.3 Å². The Morgan fingerprint density at radius 3 is 2.55 bits per heavy atom. The predicted molar refractivity (Wildman–Crippen MR) is 116 cm³/mol. The molecule has 0 atom stereocenters. The first-order chi connectivity index (χ1) is 15.0. The first-order valence-electron chi connectivity index (χ1n) is 9.69. The molecule has 3 aromatic heterocycles. The lowest BCUT2D eigenvalue weighted by atomic mass is 10.3. The maximum Gasteiger partial charge on any atom is 0.246 e. The van der Waals surface area contributed by atoms with Crippen molar-refractivity contribution in [3.05, 3.63) is 72.4 Å². The number of methoxy groups -OCH3 is 1. The number of aryl methyl sites for hydroxylation is 1. The summed E-state index contributed by atoms with van der Waals surface area (Å²) in [7, 11) is 1.58. The van der Waals surface area contributed by atoms with Crippen molar-refractivity contribution in [1.29, 1.82) is 0 Å². The summed E-state index contributed by atoms with van der Waals surface area (Å²) in [4.78, 5) is 29.1. The van der Waals surface area contributed by atoms with Crippen molar-refractivity contribution >= 4 is 28.8 Å². The number of imidazole rings is 1. The number of amides is 2. The molecule has 4 aromatic rings. The smallest absolute Gasteiger partial charge is 0.246 e. The minimum absolute atomic E-state index is 0.0214. The Labute approximate surface area is 178 Å². The molecular formula is C22H22N6O3. The van der Waals surface area contributed by atoms with Gasteiger partial charge in [-0.15, -0.1) is 0 Å². The molecule has 3 heterocycles. The van der Waals surface area contributed by atoms with Gasteiger partial charge in [0.25, 0.3) is 0 Å². The molecular weight excluding hydrogens is 396 g/mol. The van der Waals surface area contributed by atoms with Crippen molar-refractivity contribution in [2.75, 3.05) is 17.7 Å². The van der Waals surface area contributed by atoms with Crippen LogP contribution in [0.5, 0.6) is 5.75 Å². The molecule has 2 N–H and O–H groups in total. The molecule has 0 fully saturated rings. The van der Waals surface area contributed by atoms with E-state index in [0.29, 0.717) is 22.8 Å². The molecule has 158 valence electrons. The topological polar surface area (TPSA) is 103 Å². The minimum atomic E-state index is -0.230. The number of benzene rings is 1. The van der Waals surface area contributed by atoms with E-state index in [1.54, 1.807) is 37.6 Å². The Balaban J connectivity index is 1.31. The molecule has 31 heavy (non-hydrogen) atoms. The Bertz CT molecular complexity index is 1230. The summed E-state index contributed by atoms with van der Waals surface area (Å²) < 4.78 is 8.46. The second-order valence-electron chi connectivity index (χ2n) is 7.08. The molecule has 0 aliphatic carbocycles. The zero-order valence-corrected chi connectivity index (χ0v) is 17.2. The van der Waals surface area contributed by atoms with Gasteiger partial charge in [-0.25, -0.2) is 4.98 Å². The highest BCUT2D eigenvalue weighted by molar-refractivity contribution is 5.92. The first-order valence-corrected chi connectivity index (χ1v) is 9.69. The number of pyridine rings is 1. The quantitative estimate of drug-likeness (QED) is 0.480. The Morgan fingerprint density at radius 2 is 1.81 bits per heavy atom. The Morgan fingerprint density at radius 1 is 1.03 bits per heavy atom. The summed E-state index contributed by atoms with van der Waals surface area (Å²) in [5.41, 5.74) is 3.73. The van der Waals surface area contributed by atoms with Crippen molar-refractivity contribution in [3.63, 3.8) is 0 Å². The maximum absolute atomic E-state index is 12.4. The molecule has 4 rings (SSSR count). The normalized spacial score (nSPS) is 10.8. The second-order valence-corrected chi connectivity index (χ2v) is 7.08. The van der Waals surface area contributed by atoms with E-state index in [2.05, 4.69) is 20.7 Å².